The lowest BCUT2D eigenvalue weighted by atomic mass is 10.1. The molecule has 0 aliphatic heterocycles. The zero-order valence-corrected chi connectivity index (χ0v) is 16.2. The highest BCUT2D eigenvalue weighted by atomic mass is 32.2. The molecule has 5 nitrogen and oxygen atoms in total. The Kier molecular flexibility index (Phi) is 6.31. The molecule has 0 aliphatic carbocycles. The number of ether oxygens (including phenoxy) is 1. The maximum Gasteiger partial charge on any atom is 0.229 e. The summed E-state index contributed by atoms with van der Waals surface area (Å²) in [5.74, 6) is 0.595. The molecule has 0 saturated heterocycles. The summed E-state index contributed by atoms with van der Waals surface area (Å²) in [7, 11) is 0.429. The predicted octanol–water partition coefficient (Wildman–Crippen LogP) is 3.77. The smallest absolute Gasteiger partial charge is 0.229 e. The van der Waals surface area contributed by atoms with E-state index in [9.17, 15) is 12.8 Å². The Hall–Kier alpha value is -1.77. The van der Waals surface area contributed by atoms with Gasteiger partial charge in [-0.3, -0.25) is 4.72 Å². The van der Waals surface area contributed by atoms with Gasteiger partial charge >= 0.3 is 0 Å². The Morgan fingerprint density at radius 3 is 2.48 bits per heavy atom. The number of anilines is 1. The normalized spacial score (nSPS) is 11.6. The third kappa shape index (κ3) is 5.91. The van der Waals surface area contributed by atoms with Gasteiger partial charge in [0.2, 0.25) is 10.0 Å². The molecule has 25 heavy (non-hydrogen) atoms. The van der Waals surface area contributed by atoms with E-state index in [4.69, 9.17) is 4.74 Å². The van der Waals surface area contributed by atoms with Crippen LogP contribution < -0.4 is 9.46 Å². The average molecular weight is 384 g/mol. The van der Waals surface area contributed by atoms with E-state index in [1.165, 1.54) is 17.8 Å². The maximum atomic E-state index is 13.9. The summed E-state index contributed by atoms with van der Waals surface area (Å²) in [5.41, 5.74) is 1.24. The van der Waals surface area contributed by atoms with Crippen molar-refractivity contribution in [3.8, 4) is 11.5 Å². The molecule has 0 amide bonds. The number of hydrogen-bond acceptors (Lipinski definition) is 5. The first-order chi connectivity index (χ1) is 11.7. The van der Waals surface area contributed by atoms with Crippen molar-refractivity contribution in [1.82, 2.24) is 4.90 Å². The van der Waals surface area contributed by atoms with Crippen molar-refractivity contribution in [1.29, 1.82) is 0 Å². The van der Waals surface area contributed by atoms with Gasteiger partial charge in [-0.05, 0) is 50.7 Å². The van der Waals surface area contributed by atoms with Gasteiger partial charge in [-0.15, -0.1) is 11.8 Å². The Bertz CT molecular complexity index is 855. The number of hydrogen-bond donors (Lipinski definition) is 1. The fraction of sp³-hybridized carbons (Fsp3) is 0.294. The number of nitrogens with zero attached hydrogens (tertiary/aromatic N) is 1. The van der Waals surface area contributed by atoms with E-state index in [-0.39, 0.29) is 5.82 Å². The third-order valence-electron chi connectivity index (χ3n) is 3.20. The van der Waals surface area contributed by atoms with Crippen molar-refractivity contribution in [2.24, 2.45) is 0 Å². The van der Waals surface area contributed by atoms with Gasteiger partial charge in [0.1, 0.15) is 17.3 Å². The van der Waals surface area contributed by atoms with Crippen LogP contribution >= 0.6 is 11.8 Å². The van der Waals surface area contributed by atoms with E-state index in [1.807, 2.05) is 25.3 Å². The van der Waals surface area contributed by atoms with Gasteiger partial charge in [0, 0.05) is 28.8 Å². The van der Waals surface area contributed by atoms with Crippen molar-refractivity contribution < 1.29 is 17.5 Å². The summed E-state index contributed by atoms with van der Waals surface area (Å²) in [6.45, 7) is 0.542. The van der Waals surface area contributed by atoms with Crippen LogP contribution in [-0.4, -0.2) is 39.9 Å². The van der Waals surface area contributed by atoms with Crippen LogP contribution in [0.2, 0.25) is 0 Å². The SMILES string of the molecule is CSc1ccc(Oc2ccc(NS(C)(=O)=O)cc2CN(C)C)cc1F. The fourth-order valence-corrected chi connectivity index (χ4v) is 3.27. The van der Waals surface area contributed by atoms with Crippen LogP contribution in [0.3, 0.4) is 0 Å². The largest absolute Gasteiger partial charge is 0.457 e. The topological polar surface area (TPSA) is 58.6 Å². The Morgan fingerprint density at radius 1 is 1.20 bits per heavy atom. The Labute approximate surface area is 152 Å². The Morgan fingerprint density at radius 2 is 1.92 bits per heavy atom. The number of halogens is 1. The first-order valence-corrected chi connectivity index (χ1v) is 10.6. The molecule has 0 saturated carbocycles. The number of sulfonamides is 1. The van der Waals surface area contributed by atoms with Crippen LogP contribution in [0.5, 0.6) is 11.5 Å². The molecule has 2 rings (SSSR count). The number of rotatable bonds is 7. The summed E-state index contributed by atoms with van der Waals surface area (Å²) < 4.78 is 45.0. The van der Waals surface area contributed by atoms with E-state index < -0.39 is 10.0 Å². The first-order valence-electron chi connectivity index (χ1n) is 7.45. The van der Waals surface area contributed by atoms with Crippen LogP contribution in [-0.2, 0) is 16.6 Å². The van der Waals surface area contributed by atoms with Gasteiger partial charge in [-0.1, -0.05) is 0 Å². The molecule has 2 aromatic rings. The standard InChI is InChI=1S/C17H21FN2O3S2/c1-20(2)11-12-9-13(19-25(4,21)22)5-7-16(12)23-14-6-8-17(24-3)15(18)10-14/h5-10,19H,11H2,1-4H3. The molecular formula is C17H21FN2O3S2. The molecule has 0 aliphatic rings. The first kappa shape index (κ1) is 19.6. The third-order valence-corrected chi connectivity index (χ3v) is 4.58. The van der Waals surface area contributed by atoms with Gasteiger partial charge < -0.3 is 9.64 Å². The highest BCUT2D eigenvalue weighted by Gasteiger charge is 2.11. The van der Waals surface area contributed by atoms with Crippen molar-refractivity contribution in [3.63, 3.8) is 0 Å². The molecule has 0 spiro atoms. The molecule has 2 aromatic carbocycles. The zero-order valence-electron chi connectivity index (χ0n) is 14.5. The van der Waals surface area contributed by atoms with Gasteiger partial charge in [-0.2, -0.15) is 0 Å². The number of thioether (sulfide) groups is 1. The molecule has 0 bridgehead atoms. The van der Waals surface area contributed by atoms with Crippen LogP contribution in [0.15, 0.2) is 41.3 Å². The predicted molar refractivity (Wildman–Crippen MR) is 101 cm³/mol. The molecule has 1 N–H and O–H groups in total. The second-order valence-corrected chi connectivity index (χ2v) is 8.43. The molecule has 0 atom stereocenters. The monoisotopic (exact) mass is 384 g/mol. The van der Waals surface area contributed by atoms with Crippen molar-refractivity contribution in [2.45, 2.75) is 11.4 Å². The van der Waals surface area contributed by atoms with Crippen molar-refractivity contribution >= 4 is 27.5 Å². The highest BCUT2D eigenvalue weighted by Crippen LogP contribution is 2.31. The van der Waals surface area contributed by atoms with Gasteiger partial charge in [-0.25, -0.2) is 12.8 Å². The van der Waals surface area contributed by atoms with Gasteiger partial charge in [0.15, 0.2) is 0 Å². The molecule has 0 unspecified atom stereocenters. The number of nitrogens with one attached hydrogen (secondary N) is 1. The van der Waals surface area contributed by atoms with Crippen LogP contribution in [0.1, 0.15) is 5.56 Å². The van der Waals surface area contributed by atoms with Gasteiger partial charge in [0.25, 0.3) is 0 Å². The minimum atomic E-state index is -3.36. The number of benzene rings is 2. The molecule has 0 heterocycles. The minimum Gasteiger partial charge on any atom is -0.457 e. The van der Waals surface area contributed by atoms with E-state index >= 15 is 0 Å². The molecular weight excluding hydrogens is 363 g/mol. The summed E-state index contributed by atoms with van der Waals surface area (Å²) in [6.07, 6.45) is 2.90. The Balaban J connectivity index is 2.33. The summed E-state index contributed by atoms with van der Waals surface area (Å²) in [6, 6.07) is 9.71. The highest BCUT2D eigenvalue weighted by molar-refractivity contribution is 7.98. The fourth-order valence-electron chi connectivity index (χ4n) is 2.26. The molecule has 0 aromatic heterocycles. The lowest BCUT2D eigenvalue weighted by Gasteiger charge is -2.17. The van der Waals surface area contributed by atoms with E-state index in [1.54, 1.807) is 30.3 Å². The van der Waals surface area contributed by atoms with Gasteiger partial charge in [0.05, 0.1) is 6.26 Å². The van der Waals surface area contributed by atoms with Crippen molar-refractivity contribution in [3.05, 3.63) is 47.8 Å². The molecule has 0 fully saturated rings. The summed E-state index contributed by atoms with van der Waals surface area (Å²) in [4.78, 5) is 2.48. The molecule has 136 valence electrons. The zero-order chi connectivity index (χ0) is 18.6. The summed E-state index contributed by atoms with van der Waals surface area (Å²) in [5, 5.41) is 0. The van der Waals surface area contributed by atoms with E-state index in [0.29, 0.717) is 28.6 Å². The molecule has 0 radical (unpaired) electrons. The lowest BCUT2D eigenvalue weighted by Crippen LogP contribution is -2.13. The van der Waals surface area contributed by atoms with Crippen LogP contribution in [0.25, 0.3) is 0 Å². The van der Waals surface area contributed by atoms with E-state index in [2.05, 4.69) is 4.72 Å². The van der Waals surface area contributed by atoms with Crippen molar-refractivity contribution in [2.75, 3.05) is 31.3 Å². The maximum absolute atomic E-state index is 13.9. The molecule has 8 heteroatoms. The van der Waals surface area contributed by atoms with E-state index in [0.717, 1.165) is 11.8 Å². The second kappa shape index (κ2) is 8.07. The summed E-state index contributed by atoms with van der Waals surface area (Å²) >= 11 is 1.33. The van der Waals surface area contributed by atoms with Crippen LogP contribution in [0.4, 0.5) is 10.1 Å². The minimum absolute atomic E-state index is 0.338. The van der Waals surface area contributed by atoms with Crippen LogP contribution in [0, 0.1) is 5.82 Å². The average Bonchev–Trinajstić information content (AvgIpc) is 2.48. The quantitative estimate of drug-likeness (QED) is 0.737. The second-order valence-electron chi connectivity index (χ2n) is 5.83. The lowest BCUT2D eigenvalue weighted by molar-refractivity contribution is 0.388.